The van der Waals surface area contributed by atoms with E-state index < -0.39 is 11.1 Å². The van der Waals surface area contributed by atoms with Gasteiger partial charge in [-0.2, -0.15) is 0 Å². The first kappa shape index (κ1) is 11.8. The minimum absolute atomic E-state index is 0.0491. The molecule has 4 heteroatoms. The van der Waals surface area contributed by atoms with E-state index in [0.29, 0.717) is 11.3 Å². The zero-order valence-electron chi connectivity index (χ0n) is 9.13. The van der Waals surface area contributed by atoms with Crippen molar-refractivity contribution >= 4 is 16.8 Å². The molecule has 0 aliphatic heterocycles. The molecule has 2 aromatic rings. The van der Waals surface area contributed by atoms with Gasteiger partial charge in [-0.25, -0.2) is 0 Å². The Morgan fingerprint density at radius 2 is 1.76 bits per heavy atom. The monoisotopic (exact) mass is 246 g/mol. The minimum Gasteiger partial charge on any atom is -0.772 e. The molecule has 0 aliphatic carbocycles. The number of anilines is 1. The quantitative estimate of drug-likeness (QED) is 0.667. The smallest absolute Gasteiger partial charge is 0.0373 e. The third-order valence-electron chi connectivity index (χ3n) is 2.52. The van der Waals surface area contributed by atoms with E-state index in [0.717, 1.165) is 11.1 Å². The Morgan fingerprint density at radius 1 is 1.06 bits per heavy atom. The molecule has 17 heavy (non-hydrogen) atoms. The highest BCUT2D eigenvalue weighted by Crippen LogP contribution is 2.24. The van der Waals surface area contributed by atoms with Crippen molar-refractivity contribution in [3.05, 3.63) is 54.1 Å². The third kappa shape index (κ3) is 2.93. The van der Waals surface area contributed by atoms with Crippen LogP contribution in [-0.2, 0) is 16.8 Å². The molecule has 0 saturated carbocycles. The van der Waals surface area contributed by atoms with E-state index in [1.165, 1.54) is 0 Å². The Labute approximate surface area is 103 Å². The fourth-order valence-corrected chi connectivity index (χ4v) is 2.17. The van der Waals surface area contributed by atoms with Gasteiger partial charge in [-0.15, -0.1) is 0 Å². The van der Waals surface area contributed by atoms with Gasteiger partial charge in [0.2, 0.25) is 0 Å². The molecule has 3 nitrogen and oxygen atoms in total. The van der Waals surface area contributed by atoms with Crippen LogP contribution in [-0.4, -0.2) is 8.76 Å². The van der Waals surface area contributed by atoms with Crippen molar-refractivity contribution in [1.29, 1.82) is 0 Å². The lowest BCUT2D eigenvalue weighted by molar-refractivity contribution is 0.536. The van der Waals surface area contributed by atoms with Gasteiger partial charge in [-0.1, -0.05) is 47.5 Å². The van der Waals surface area contributed by atoms with Crippen LogP contribution in [0.3, 0.4) is 0 Å². The lowest BCUT2D eigenvalue weighted by atomic mass is 10.0. The van der Waals surface area contributed by atoms with Crippen LogP contribution >= 0.6 is 0 Å². The van der Waals surface area contributed by atoms with Gasteiger partial charge in [0.25, 0.3) is 0 Å². The normalized spacial score (nSPS) is 12.3. The number of rotatable bonds is 3. The maximum absolute atomic E-state index is 10.7. The highest BCUT2D eigenvalue weighted by atomic mass is 32.2. The molecular weight excluding hydrogens is 234 g/mol. The molecule has 2 N–H and O–H groups in total. The molecular formula is C13H12NO2S-. The summed E-state index contributed by atoms with van der Waals surface area (Å²) >= 11 is -2.12. The Morgan fingerprint density at radius 3 is 2.41 bits per heavy atom. The first-order valence-corrected chi connectivity index (χ1v) is 6.41. The van der Waals surface area contributed by atoms with Gasteiger partial charge < -0.3 is 10.3 Å². The summed E-state index contributed by atoms with van der Waals surface area (Å²) in [6, 6.07) is 15.2. The first-order chi connectivity index (χ1) is 8.16. The van der Waals surface area contributed by atoms with Crippen LogP contribution in [0.5, 0.6) is 0 Å². The van der Waals surface area contributed by atoms with E-state index in [9.17, 15) is 8.76 Å². The van der Waals surface area contributed by atoms with Crippen LogP contribution in [0.15, 0.2) is 48.5 Å². The zero-order chi connectivity index (χ0) is 12.3. The van der Waals surface area contributed by atoms with Crippen molar-refractivity contribution in [1.82, 2.24) is 0 Å². The van der Waals surface area contributed by atoms with Crippen LogP contribution in [0.2, 0.25) is 0 Å². The standard InChI is InChI=1S/C13H13NO2S/c14-13-7-6-11(8-12(13)9-17(15)16)10-4-2-1-3-5-10/h1-8H,9,14H2,(H,15,16)/p-1. The lowest BCUT2D eigenvalue weighted by Crippen LogP contribution is -1.99. The maximum Gasteiger partial charge on any atom is 0.0373 e. The predicted octanol–water partition coefficient (Wildman–Crippen LogP) is 2.31. The Kier molecular flexibility index (Phi) is 3.56. The number of hydrogen-bond donors (Lipinski definition) is 1. The molecule has 1 atom stereocenters. The zero-order valence-corrected chi connectivity index (χ0v) is 9.94. The highest BCUT2D eigenvalue weighted by molar-refractivity contribution is 7.78. The topological polar surface area (TPSA) is 66.2 Å². The molecule has 0 radical (unpaired) electrons. The fourth-order valence-electron chi connectivity index (χ4n) is 1.67. The minimum atomic E-state index is -2.12. The first-order valence-electron chi connectivity index (χ1n) is 5.16. The van der Waals surface area contributed by atoms with Crippen LogP contribution in [0.25, 0.3) is 11.1 Å². The van der Waals surface area contributed by atoms with Gasteiger partial charge >= 0.3 is 0 Å². The molecule has 0 bridgehead atoms. The summed E-state index contributed by atoms with van der Waals surface area (Å²) in [4.78, 5) is 0. The van der Waals surface area contributed by atoms with E-state index in [2.05, 4.69) is 0 Å². The molecule has 0 aliphatic rings. The largest absolute Gasteiger partial charge is 0.772 e. The second kappa shape index (κ2) is 5.12. The van der Waals surface area contributed by atoms with Gasteiger partial charge in [0.05, 0.1) is 0 Å². The summed E-state index contributed by atoms with van der Waals surface area (Å²) in [5, 5.41) is 0. The van der Waals surface area contributed by atoms with Gasteiger partial charge in [0.15, 0.2) is 0 Å². The summed E-state index contributed by atoms with van der Waals surface area (Å²) in [6.45, 7) is 0. The lowest BCUT2D eigenvalue weighted by Gasteiger charge is -2.10. The molecule has 0 amide bonds. The molecule has 0 fully saturated rings. The summed E-state index contributed by atoms with van der Waals surface area (Å²) in [6.07, 6.45) is 0. The van der Waals surface area contributed by atoms with Crippen LogP contribution in [0.1, 0.15) is 5.56 Å². The van der Waals surface area contributed by atoms with Crippen molar-refractivity contribution in [2.75, 3.05) is 5.73 Å². The second-order valence-electron chi connectivity index (χ2n) is 3.73. The molecule has 0 saturated heterocycles. The van der Waals surface area contributed by atoms with Crippen LogP contribution in [0.4, 0.5) is 5.69 Å². The summed E-state index contributed by atoms with van der Waals surface area (Å²) in [7, 11) is 0. The number of benzene rings is 2. The molecule has 0 aromatic heterocycles. The van der Waals surface area contributed by atoms with E-state index in [1.54, 1.807) is 6.07 Å². The van der Waals surface area contributed by atoms with Crippen LogP contribution < -0.4 is 5.73 Å². The second-order valence-corrected chi connectivity index (χ2v) is 4.62. The molecule has 2 aromatic carbocycles. The van der Waals surface area contributed by atoms with Gasteiger partial charge in [-0.05, 0) is 28.8 Å². The Hall–Kier alpha value is -1.65. The molecule has 0 spiro atoms. The SMILES string of the molecule is Nc1ccc(-c2ccccc2)cc1CS(=O)[O-]. The Bertz CT molecular complexity index is 540. The molecule has 2 rings (SSSR count). The van der Waals surface area contributed by atoms with Crippen molar-refractivity contribution < 1.29 is 8.76 Å². The Balaban J connectivity index is 2.41. The van der Waals surface area contributed by atoms with Gasteiger partial charge in [0, 0.05) is 11.4 Å². The molecule has 88 valence electrons. The van der Waals surface area contributed by atoms with Crippen molar-refractivity contribution in [2.45, 2.75) is 5.75 Å². The van der Waals surface area contributed by atoms with Crippen LogP contribution in [0, 0.1) is 0 Å². The van der Waals surface area contributed by atoms with Gasteiger partial charge in [0.1, 0.15) is 0 Å². The van der Waals surface area contributed by atoms with Crippen molar-refractivity contribution in [2.24, 2.45) is 0 Å². The third-order valence-corrected chi connectivity index (χ3v) is 3.07. The summed E-state index contributed by atoms with van der Waals surface area (Å²) in [5.41, 5.74) is 8.91. The number of nitrogen functional groups attached to an aromatic ring is 1. The predicted molar refractivity (Wildman–Crippen MR) is 68.9 cm³/mol. The van der Waals surface area contributed by atoms with Crippen molar-refractivity contribution in [3.63, 3.8) is 0 Å². The summed E-state index contributed by atoms with van der Waals surface area (Å²) < 4.78 is 21.4. The van der Waals surface area contributed by atoms with E-state index in [1.807, 2.05) is 42.5 Å². The van der Waals surface area contributed by atoms with E-state index in [4.69, 9.17) is 5.73 Å². The molecule has 1 unspecified atom stereocenters. The number of nitrogens with two attached hydrogens (primary N) is 1. The molecule has 0 heterocycles. The van der Waals surface area contributed by atoms with Crippen molar-refractivity contribution in [3.8, 4) is 11.1 Å². The van der Waals surface area contributed by atoms with Gasteiger partial charge in [-0.3, -0.25) is 4.21 Å². The fraction of sp³-hybridized carbons (Fsp3) is 0.0769. The number of hydrogen-bond acceptors (Lipinski definition) is 3. The maximum atomic E-state index is 10.7. The van der Waals surface area contributed by atoms with E-state index in [-0.39, 0.29) is 5.75 Å². The average Bonchev–Trinajstić information content (AvgIpc) is 2.32. The summed E-state index contributed by atoms with van der Waals surface area (Å²) in [5.74, 6) is -0.0491. The average molecular weight is 246 g/mol. The van der Waals surface area contributed by atoms with E-state index >= 15 is 0 Å². The highest BCUT2D eigenvalue weighted by Gasteiger charge is 2.03.